The average molecular weight is 408 g/mol. The van der Waals surface area contributed by atoms with Crippen LogP contribution in [0, 0.1) is 0 Å². The summed E-state index contributed by atoms with van der Waals surface area (Å²) in [6.45, 7) is 4.85. The first kappa shape index (κ1) is 21.7. The smallest absolute Gasteiger partial charge is 0.238 e. The van der Waals surface area contributed by atoms with Crippen molar-refractivity contribution in [3.05, 3.63) is 65.7 Å². The molecular formula is C24H29N3O3. The zero-order valence-electron chi connectivity index (χ0n) is 17.5. The molecule has 0 radical (unpaired) electrons. The Morgan fingerprint density at radius 3 is 2.23 bits per heavy atom. The van der Waals surface area contributed by atoms with Crippen LogP contribution in [0.2, 0.25) is 0 Å². The largest absolute Gasteiger partial charge is 0.340 e. The highest BCUT2D eigenvalue weighted by molar-refractivity contribution is 5.98. The number of carbonyl (C=O) groups excluding carboxylic acids is 3. The number of piperazine rings is 1. The van der Waals surface area contributed by atoms with E-state index in [1.807, 2.05) is 42.5 Å². The predicted molar refractivity (Wildman–Crippen MR) is 117 cm³/mol. The van der Waals surface area contributed by atoms with Crippen LogP contribution < -0.4 is 5.32 Å². The van der Waals surface area contributed by atoms with Crippen molar-refractivity contribution in [2.45, 2.75) is 26.2 Å². The molecule has 0 aliphatic carbocycles. The number of aryl methyl sites for hydroxylation is 1. The quantitative estimate of drug-likeness (QED) is 0.683. The van der Waals surface area contributed by atoms with Crippen LogP contribution in [0.4, 0.5) is 5.69 Å². The van der Waals surface area contributed by atoms with Gasteiger partial charge < -0.3 is 10.2 Å². The summed E-state index contributed by atoms with van der Waals surface area (Å²) >= 11 is 0. The number of nitrogens with zero attached hydrogens (tertiary/aromatic N) is 2. The minimum Gasteiger partial charge on any atom is -0.340 e. The maximum absolute atomic E-state index is 12.5. The fraction of sp³-hybridized carbons (Fsp3) is 0.375. The molecule has 1 N–H and O–H groups in total. The van der Waals surface area contributed by atoms with Gasteiger partial charge in [0, 0.05) is 50.3 Å². The zero-order chi connectivity index (χ0) is 21.3. The molecule has 2 aromatic rings. The minimum atomic E-state index is -0.0378. The molecule has 1 aliphatic heterocycles. The number of hydrogen-bond donors (Lipinski definition) is 1. The van der Waals surface area contributed by atoms with Gasteiger partial charge in [-0.3, -0.25) is 19.3 Å². The van der Waals surface area contributed by atoms with E-state index in [1.165, 1.54) is 0 Å². The van der Waals surface area contributed by atoms with Crippen molar-refractivity contribution in [2.75, 3.05) is 38.0 Å². The number of Topliss-reactive ketones (excluding diaryl/α,β-unsaturated/α-hetero) is 1. The third-order valence-corrected chi connectivity index (χ3v) is 5.43. The number of amides is 2. The second-order valence-electron chi connectivity index (χ2n) is 7.51. The summed E-state index contributed by atoms with van der Waals surface area (Å²) in [4.78, 5) is 40.9. The molecule has 2 aromatic carbocycles. The van der Waals surface area contributed by atoms with Crippen molar-refractivity contribution >= 4 is 23.3 Å². The molecule has 0 bridgehead atoms. The number of nitrogens with one attached hydrogen (secondary N) is 1. The third kappa shape index (κ3) is 6.00. The molecule has 0 unspecified atom stereocenters. The van der Waals surface area contributed by atoms with Crippen molar-refractivity contribution in [2.24, 2.45) is 0 Å². The monoisotopic (exact) mass is 407 g/mol. The molecule has 0 spiro atoms. The maximum Gasteiger partial charge on any atom is 0.238 e. The van der Waals surface area contributed by atoms with Crippen molar-refractivity contribution in [3.63, 3.8) is 0 Å². The van der Waals surface area contributed by atoms with E-state index in [9.17, 15) is 14.4 Å². The molecule has 1 saturated heterocycles. The number of ketones is 1. The minimum absolute atomic E-state index is 0.000237. The van der Waals surface area contributed by atoms with Gasteiger partial charge in [-0.25, -0.2) is 0 Å². The molecule has 30 heavy (non-hydrogen) atoms. The van der Waals surface area contributed by atoms with Gasteiger partial charge in [0.05, 0.1) is 6.54 Å². The summed E-state index contributed by atoms with van der Waals surface area (Å²) in [6.07, 6.45) is 1.31. The fourth-order valence-corrected chi connectivity index (χ4v) is 3.65. The van der Waals surface area contributed by atoms with Gasteiger partial charge in [-0.05, 0) is 18.1 Å². The molecule has 6 nitrogen and oxygen atoms in total. The maximum atomic E-state index is 12.5. The van der Waals surface area contributed by atoms with Crippen LogP contribution in [-0.4, -0.2) is 60.1 Å². The number of benzene rings is 2. The van der Waals surface area contributed by atoms with Crippen LogP contribution in [0.1, 0.15) is 35.7 Å². The van der Waals surface area contributed by atoms with Crippen LogP contribution >= 0.6 is 0 Å². The summed E-state index contributed by atoms with van der Waals surface area (Å²) in [6, 6.07) is 16.9. The van der Waals surface area contributed by atoms with Crippen LogP contribution in [0.3, 0.4) is 0 Å². The first-order valence-corrected chi connectivity index (χ1v) is 10.5. The Balaban J connectivity index is 1.40. The van der Waals surface area contributed by atoms with E-state index in [-0.39, 0.29) is 30.4 Å². The normalized spacial score (nSPS) is 14.4. The van der Waals surface area contributed by atoms with E-state index in [1.54, 1.807) is 17.0 Å². The standard InChI is InChI=1S/C24H29N3O3/c1-2-19-8-6-7-11-21(19)25-23(29)18-26-14-16-27(17-15-26)24(30)13-12-22(28)20-9-4-3-5-10-20/h3-11H,2,12-18H2,1H3,(H,25,29). The van der Waals surface area contributed by atoms with Crippen LogP contribution in [0.5, 0.6) is 0 Å². The molecule has 3 rings (SSSR count). The first-order chi connectivity index (χ1) is 14.6. The topological polar surface area (TPSA) is 69.7 Å². The van der Waals surface area contributed by atoms with Gasteiger partial charge in [0.25, 0.3) is 0 Å². The van der Waals surface area contributed by atoms with Crippen molar-refractivity contribution in [1.29, 1.82) is 0 Å². The Hall–Kier alpha value is -2.99. The van der Waals surface area contributed by atoms with Gasteiger partial charge in [0.1, 0.15) is 0 Å². The van der Waals surface area contributed by atoms with Crippen molar-refractivity contribution in [1.82, 2.24) is 9.80 Å². The molecule has 6 heteroatoms. The van der Waals surface area contributed by atoms with Crippen LogP contribution in [-0.2, 0) is 16.0 Å². The van der Waals surface area contributed by atoms with E-state index in [2.05, 4.69) is 17.1 Å². The Bertz CT molecular complexity index is 874. The Morgan fingerprint density at radius 2 is 1.53 bits per heavy atom. The van der Waals surface area contributed by atoms with Gasteiger partial charge in [0.2, 0.25) is 11.8 Å². The molecule has 158 valence electrons. The number of para-hydroxylation sites is 1. The van der Waals surface area contributed by atoms with E-state index < -0.39 is 0 Å². The summed E-state index contributed by atoms with van der Waals surface area (Å²) in [7, 11) is 0. The third-order valence-electron chi connectivity index (χ3n) is 5.43. The molecule has 2 amide bonds. The fourth-order valence-electron chi connectivity index (χ4n) is 3.65. The molecule has 0 aromatic heterocycles. The molecular weight excluding hydrogens is 378 g/mol. The second-order valence-corrected chi connectivity index (χ2v) is 7.51. The van der Waals surface area contributed by atoms with Gasteiger partial charge in [0.15, 0.2) is 5.78 Å². The van der Waals surface area contributed by atoms with Crippen molar-refractivity contribution in [3.8, 4) is 0 Å². The molecule has 0 atom stereocenters. The highest BCUT2D eigenvalue weighted by Crippen LogP contribution is 2.15. The number of rotatable bonds is 8. The number of carbonyl (C=O) groups is 3. The Kier molecular flexibility index (Phi) is 7.74. The summed E-state index contributed by atoms with van der Waals surface area (Å²) in [5.41, 5.74) is 2.62. The Labute approximate surface area is 177 Å². The molecule has 0 saturated carbocycles. The summed E-state index contributed by atoms with van der Waals surface area (Å²) < 4.78 is 0. The molecule has 1 heterocycles. The van der Waals surface area contributed by atoms with Crippen LogP contribution in [0.25, 0.3) is 0 Å². The highest BCUT2D eigenvalue weighted by atomic mass is 16.2. The van der Waals surface area contributed by atoms with E-state index >= 15 is 0 Å². The van der Waals surface area contributed by atoms with E-state index in [0.29, 0.717) is 38.3 Å². The SMILES string of the molecule is CCc1ccccc1NC(=O)CN1CCN(C(=O)CCC(=O)c2ccccc2)CC1. The van der Waals surface area contributed by atoms with Crippen LogP contribution in [0.15, 0.2) is 54.6 Å². The van der Waals surface area contributed by atoms with Gasteiger partial charge >= 0.3 is 0 Å². The van der Waals surface area contributed by atoms with E-state index in [4.69, 9.17) is 0 Å². The van der Waals surface area contributed by atoms with E-state index in [0.717, 1.165) is 17.7 Å². The van der Waals surface area contributed by atoms with Gasteiger partial charge in [-0.1, -0.05) is 55.5 Å². The average Bonchev–Trinajstić information content (AvgIpc) is 2.78. The van der Waals surface area contributed by atoms with Gasteiger partial charge in [-0.15, -0.1) is 0 Å². The summed E-state index contributed by atoms with van der Waals surface area (Å²) in [5.74, 6) is -0.0454. The van der Waals surface area contributed by atoms with Crippen molar-refractivity contribution < 1.29 is 14.4 Å². The lowest BCUT2D eigenvalue weighted by molar-refractivity contribution is -0.133. The highest BCUT2D eigenvalue weighted by Gasteiger charge is 2.23. The lowest BCUT2D eigenvalue weighted by Crippen LogP contribution is -2.50. The zero-order valence-corrected chi connectivity index (χ0v) is 17.5. The lowest BCUT2D eigenvalue weighted by Gasteiger charge is -2.34. The number of hydrogen-bond acceptors (Lipinski definition) is 4. The molecule has 1 fully saturated rings. The summed E-state index contributed by atoms with van der Waals surface area (Å²) in [5, 5.41) is 2.99. The Morgan fingerprint density at radius 1 is 0.867 bits per heavy atom. The first-order valence-electron chi connectivity index (χ1n) is 10.5. The second kappa shape index (κ2) is 10.7. The lowest BCUT2D eigenvalue weighted by atomic mass is 10.1. The molecule has 1 aliphatic rings. The van der Waals surface area contributed by atoms with Gasteiger partial charge in [-0.2, -0.15) is 0 Å². The predicted octanol–water partition coefficient (Wildman–Crippen LogP) is 2.99. The number of anilines is 1.